The van der Waals surface area contributed by atoms with Crippen LogP contribution in [0.4, 0.5) is 0 Å². The number of benzene rings is 1. The Morgan fingerprint density at radius 3 is 2.88 bits per heavy atom. The first kappa shape index (κ1) is 10.8. The molecule has 1 unspecified atom stereocenters. The molecular formula is C15H18O2. The van der Waals surface area contributed by atoms with Crippen molar-refractivity contribution in [2.24, 2.45) is 5.92 Å². The Labute approximate surface area is 102 Å². The van der Waals surface area contributed by atoms with Crippen LogP contribution in [0, 0.1) is 5.92 Å². The molecular weight excluding hydrogens is 212 g/mol. The van der Waals surface area contributed by atoms with Crippen molar-refractivity contribution in [1.82, 2.24) is 0 Å². The van der Waals surface area contributed by atoms with Gasteiger partial charge in [0.1, 0.15) is 0 Å². The minimum absolute atomic E-state index is 0.264. The fraction of sp³-hybridized carbons (Fsp3) is 0.533. The summed E-state index contributed by atoms with van der Waals surface area (Å²) in [6.07, 6.45) is 6.28. The van der Waals surface area contributed by atoms with Crippen LogP contribution in [0.1, 0.15) is 48.3 Å². The van der Waals surface area contributed by atoms with Crippen molar-refractivity contribution < 1.29 is 9.90 Å². The first-order chi connectivity index (χ1) is 8.25. The highest BCUT2D eigenvalue weighted by Crippen LogP contribution is 2.46. The summed E-state index contributed by atoms with van der Waals surface area (Å²) in [4.78, 5) is 11.0. The van der Waals surface area contributed by atoms with Crippen LogP contribution in [0.15, 0.2) is 18.2 Å². The average Bonchev–Trinajstić information content (AvgIpc) is 3.02. The van der Waals surface area contributed by atoms with E-state index in [9.17, 15) is 4.79 Å². The van der Waals surface area contributed by atoms with E-state index in [1.807, 2.05) is 0 Å². The Morgan fingerprint density at radius 2 is 2.18 bits per heavy atom. The molecule has 2 aliphatic rings. The SMILES string of the molecule is O=C(O)CC(c1cccc2c1CCC2)C1CC1. The maximum absolute atomic E-state index is 11.0. The summed E-state index contributed by atoms with van der Waals surface area (Å²) in [5, 5.41) is 9.07. The zero-order chi connectivity index (χ0) is 11.8. The molecule has 0 amide bonds. The number of carbonyl (C=O) groups is 1. The van der Waals surface area contributed by atoms with Gasteiger partial charge in [-0.05, 0) is 60.6 Å². The lowest BCUT2D eigenvalue weighted by molar-refractivity contribution is -0.137. The quantitative estimate of drug-likeness (QED) is 0.862. The van der Waals surface area contributed by atoms with E-state index in [0.29, 0.717) is 12.3 Å². The highest BCUT2D eigenvalue weighted by molar-refractivity contribution is 5.68. The van der Waals surface area contributed by atoms with Crippen molar-refractivity contribution in [2.45, 2.75) is 44.4 Å². The normalized spacial score (nSPS) is 20.0. The van der Waals surface area contributed by atoms with Gasteiger partial charge < -0.3 is 5.11 Å². The van der Waals surface area contributed by atoms with Crippen molar-refractivity contribution in [3.05, 3.63) is 34.9 Å². The van der Waals surface area contributed by atoms with Crippen molar-refractivity contribution in [1.29, 1.82) is 0 Å². The molecule has 0 spiro atoms. The summed E-state index contributed by atoms with van der Waals surface area (Å²) >= 11 is 0. The van der Waals surface area contributed by atoms with E-state index in [2.05, 4.69) is 18.2 Å². The third kappa shape index (κ3) is 2.08. The van der Waals surface area contributed by atoms with Crippen LogP contribution in [-0.2, 0) is 17.6 Å². The second kappa shape index (κ2) is 4.17. The van der Waals surface area contributed by atoms with Crippen LogP contribution in [0.3, 0.4) is 0 Å². The Kier molecular flexibility index (Phi) is 2.65. The molecule has 0 radical (unpaired) electrons. The van der Waals surface area contributed by atoms with Gasteiger partial charge >= 0.3 is 5.97 Å². The van der Waals surface area contributed by atoms with E-state index in [-0.39, 0.29) is 5.92 Å². The van der Waals surface area contributed by atoms with Crippen LogP contribution < -0.4 is 0 Å². The zero-order valence-electron chi connectivity index (χ0n) is 9.98. The molecule has 1 fully saturated rings. The Hall–Kier alpha value is -1.31. The first-order valence-corrected chi connectivity index (χ1v) is 6.58. The lowest BCUT2D eigenvalue weighted by Gasteiger charge is -2.18. The Morgan fingerprint density at radius 1 is 1.35 bits per heavy atom. The van der Waals surface area contributed by atoms with Gasteiger partial charge in [0.25, 0.3) is 0 Å². The van der Waals surface area contributed by atoms with Gasteiger partial charge in [-0.25, -0.2) is 0 Å². The molecule has 0 bridgehead atoms. The number of hydrogen-bond acceptors (Lipinski definition) is 1. The third-order valence-corrected chi connectivity index (χ3v) is 4.17. The topological polar surface area (TPSA) is 37.3 Å². The van der Waals surface area contributed by atoms with Crippen molar-refractivity contribution in [3.8, 4) is 0 Å². The number of aryl methyl sites for hydroxylation is 1. The molecule has 0 saturated heterocycles. The second-order valence-corrected chi connectivity index (χ2v) is 5.38. The molecule has 1 N–H and O–H groups in total. The summed E-state index contributed by atoms with van der Waals surface area (Å²) in [6, 6.07) is 6.48. The van der Waals surface area contributed by atoms with Gasteiger partial charge in [-0.3, -0.25) is 4.79 Å². The molecule has 1 atom stereocenters. The number of carboxylic acid groups (broad SMARTS) is 1. The predicted octanol–water partition coefficient (Wildman–Crippen LogP) is 3.14. The maximum Gasteiger partial charge on any atom is 0.303 e. The number of fused-ring (bicyclic) bond motifs is 1. The van der Waals surface area contributed by atoms with E-state index in [1.165, 1.54) is 42.4 Å². The summed E-state index contributed by atoms with van der Waals surface area (Å²) in [7, 11) is 0. The molecule has 17 heavy (non-hydrogen) atoms. The Bertz CT molecular complexity index is 446. The summed E-state index contributed by atoms with van der Waals surface area (Å²) in [6.45, 7) is 0. The van der Waals surface area contributed by atoms with E-state index < -0.39 is 5.97 Å². The van der Waals surface area contributed by atoms with Crippen LogP contribution in [0.5, 0.6) is 0 Å². The van der Waals surface area contributed by atoms with Crippen molar-refractivity contribution >= 4 is 5.97 Å². The second-order valence-electron chi connectivity index (χ2n) is 5.38. The van der Waals surface area contributed by atoms with Gasteiger partial charge in [-0.1, -0.05) is 18.2 Å². The smallest absolute Gasteiger partial charge is 0.303 e. The minimum atomic E-state index is -0.655. The monoisotopic (exact) mass is 230 g/mol. The van der Waals surface area contributed by atoms with Crippen LogP contribution >= 0.6 is 0 Å². The molecule has 0 aliphatic heterocycles. The molecule has 1 aromatic rings. The van der Waals surface area contributed by atoms with E-state index in [0.717, 1.165) is 6.42 Å². The molecule has 2 heteroatoms. The number of aliphatic carboxylic acids is 1. The number of carboxylic acids is 1. The van der Waals surface area contributed by atoms with E-state index >= 15 is 0 Å². The van der Waals surface area contributed by atoms with Gasteiger partial charge in [0.15, 0.2) is 0 Å². The van der Waals surface area contributed by atoms with Crippen molar-refractivity contribution in [3.63, 3.8) is 0 Å². The minimum Gasteiger partial charge on any atom is -0.481 e. The molecule has 90 valence electrons. The summed E-state index contributed by atoms with van der Waals surface area (Å²) < 4.78 is 0. The molecule has 3 rings (SSSR count). The predicted molar refractivity (Wildman–Crippen MR) is 66.2 cm³/mol. The lowest BCUT2D eigenvalue weighted by Crippen LogP contribution is -2.10. The third-order valence-electron chi connectivity index (χ3n) is 4.17. The number of rotatable bonds is 4. The largest absolute Gasteiger partial charge is 0.481 e. The zero-order valence-corrected chi connectivity index (χ0v) is 9.98. The molecule has 0 heterocycles. The molecule has 0 aromatic heterocycles. The highest BCUT2D eigenvalue weighted by Gasteiger charge is 2.35. The van der Waals surface area contributed by atoms with Crippen LogP contribution in [-0.4, -0.2) is 11.1 Å². The number of hydrogen-bond donors (Lipinski definition) is 1. The van der Waals surface area contributed by atoms with Gasteiger partial charge in [-0.15, -0.1) is 0 Å². The van der Waals surface area contributed by atoms with Gasteiger partial charge in [-0.2, -0.15) is 0 Å². The van der Waals surface area contributed by atoms with Crippen LogP contribution in [0.2, 0.25) is 0 Å². The van der Waals surface area contributed by atoms with Gasteiger partial charge in [0, 0.05) is 0 Å². The molecule has 1 saturated carbocycles. The molecule has 1 aromatic carbocycles. The summed E-state index contributed by atoms with van der Waals surface area (Å²) in [5.41, 5.74) is 4.26. The Balaban J connectivity index is 1.95. The fourth-order valence-corrected chi connectivity index (χ4v) is 3.21. The van der Waals surface area contributed by atoms with E-state index in [1.54, 1.807) is 0 Å². The maximum atomic E-state index is 11.0. The first-order valence-electron chi connectivity index (χ1n) is 6.58. The molecule has 2 aliphatic carbocycles. The standard InChI is InChI=1S/C15H18O2/c16-15(17)9-14(11-7-8-11)13-6-2-4-10-3-1-5-12(10)13/h2,4,6,11,14H,1,3,5,7-9H2,(H,16,17). The summed E-state index contributed by atoms with van der Waals surface area (Å²) in [5.74, 6) is 0.233. The fourth-order valence-electron chi connectivity index (χ4n) is 3.21. The van der Waals surface area contributed by atoms with Gasteiger partial charge in [0.05, 0.1) is 6.42 Å². The average molecular weight is 230 g/mol. The van der Waals surface area contributed by atoms with Gasteiger partial charge in [0.2, 0.25) is 0 Å². The lowest BCUT2D eigenvalue weighted by atomic mass is 9.86. The molecule has 2 nitrogen and oxygen atoms in total. The van der Waals surface area contributed by atoms with Crippen LogP contribution in [0.25, 0.3) is 0 Å². The highest BCUT2D eigenvalue weighted by atomic mass is 16.4. The van der Waals surface area contributed by atoms with E-state index in [4.69, 9.17) is 5.11 Å². The van der Waals surface area contributed by atoms with Crippen molar-refractivity contribution in [2.75, 3.05) is 0 Å².